The Kier molecular flexibility index (Phi) is 8.49. The van der Waals surface area contributed by atoms with E-state index >= 15 is 0 Å². The molecule has 3 aliphatic rings. The molecule has 1 aliphatic heterocycles. The predicted octanol–water partition coefficient (Wildman–Crippen LogP) is 3.29. The summed E-state index contributed by atoms with van der Waals surface area (Å²) in [6.07, 6.45) is 10.8. The van der Waals surface area contributed by atoms with Crippen molar-refractivity contribution in [3.63, 3.8) is 0 Å². The highest BCUT2D eigenvalue weighted by molar-refractivity contribution is 7.90. The van der Waals surface area contributed by atoms with E-state index in [-0.39, 0.29) is 23.2 Å². The van der Waals surface area contributed by atoms with Crippen molar-refractivity contribution in [2.24, 2.45) is 0 Å². The lowest BCUT2D eigenvalue weighted by molar-refractivity contribution is 0.260. The molecule has 0 radical (unpaired) electrons. The molecule has 1 aromatic rings. The van der Waals surface area contributed by atoms with Crippen LogP contribution in [0.4, 0.5) is 0 Å². The Balaban J connectivity index is 1.52. The van der Waals surface area contributed by atoms with E-state index in [0.29, 0.717) is 32.1 Å². The second-order valence-electron chi connectivity index (χ2n) is 9.78. The van der Waals surface area contributed by atoms with Crippen molar-refractivity contribution in [1.82, 2.24) is 13.9 Å². The van der Waals surface area contributed by atoms with E-state index in [9.17, 15) is 16.8 Å². The summed E-state index contributed by atoms with van der Waals surface area (Å²) >= 11 is 0. The molecule has 0 spiro atoms. The molecule has 186 valence electrons. The van der Waals surface area contributed by atoms with Gasteiger partial charge in [0, 0.05) is 38.8 Å². The number of sulfonamides is 2. The summed E-state index contributed by atoms with van der Waals surface area (Å²) in [7, 11) is -7.26. The molecular weight excluding hydrogens is 458 g/mol. The molecule has 1 saturated heterocycles. The Morgan fingerprint density at radius 1 is 0.818 bits per heavy atom. The highest BCUT2D eigenvalue weighted by Crippen LogP contribution is 2.34. The Morgan fingerprint density at radius 2 is 1.39 bits per heavy atom. The molecular formula is C24H39N3O4S2. The largest absolute Gasteiger partial charge is 0.314 e. The highest BCUT2D eigenvalue weighted by Gasteiger charge is 2.34. The normalized spacial score (nSPS) is 22.6. The highest BCUT2D eigenvalue weighted by atomic mass is 32.2. The second kappa shape index (κ2) is 11.2. The minimum absolute atomic E-state index is 0.0175. The van der Waals surface area contributed by atoms with Crippen LogP contribution in [-0.2, 0) is 20.0 Å². The molecule has 0 unspecified atom stereocenters. The van der Waals surface area contributed by atoms with E-state index in [2.05, 4.69) is 5.32 Å². The maximum atomic E-state index is 13.7. The first kappa shape index (κ1) is 25.1. The molecule has 0 amide bonds. The maximum Gasteiger partial charge on any atom is 0.243 e. The van der Waals surface area contributed by atoms with Crippen molar-refractivity contribution in [1.29, 1.82) is 0 Å². The summed E-state index contributed by atoms with van der Waals surface area (Å²) < 4.78 is 56.3. The molecule has 4 rings (SSSR count). The van der Waals surface area contributed by atoms with Crippen LogP contribution >= 0.6 is 0 Å². The van der Waals surface area contributed by atoms with Crippen LogP contribution in [0.15, 0.2) is 29.2 Å². The van der Waals surface area contributed by atoms with Gasteiger partial charge in [-0.3, -0.25) is 0 Å². The third kappa shape index (κ3) is 6.17. The van der Waals surface area contributed by atoms with Gasteiger partial charge in [0.15, 0.2) is 0 Å². The predicted molar refractivity (Wildman–Crippen MR) is 131 cm³/mol. The summed E-state index contributed by atoms with van der Waals surface area (Å²) in [5.74, 6) is 0.359. The molecule has 0 atom stereocenters. The molecule has 2 saturated carbocycles. The fourth-order valence-corrected chi connectivity index (χ4v) is 8.83. The van der Waals surface area contributed by atoms with Gasteiger partial charge >= 0.3 is 0 Å². The second-order valence-corrected chi connectivity index (χ2v) is 13.8. The van der Waals surface area contributed by atoms with Gasteiger partial charge in [-0.15, -0.1) is 0 Å². The van der Waals surface area contributed by atoms with Crippen molar-refractivity contribution < 1.29 is 16.8 Å². The average molecular weight is 498 g/mol. The van der Waals surface area contributed by atoms with Crippen LogP contribution < -0.4 is 5.32 Å². The molecule has 1 heterocycles. The average Bonchev–Trinajstić information content (AvgIpc) is 2.86. The van der Waals surface area contributed by atoms with E-state index in [1.54, 1.807) is 12.1 Å². The van der Waals surface area contributed by atoms with Crippen molar-refractivity contribution >= 4 is 20.0 Å². The zero-order valence-electron chi connectivity index (χ0n) is 19.6. The third-order valence-electron chi connectivity index (χ3n) is 7.58. The number of rotatable bonds is 8. The number of nitrogens with zero attached hydrogens (tertiary/aromatic N) is 2. The van der Waals surface area contributed by atoms with Gasteiger partial charge < -0.3 is 5.32 Å². The SMILES string of the molecule is O=S(=O)(CCN(C1CCCCC1)S(=O)(=O)c1ccc(C2CCCCC2)cc1)N1CCNCC1. The van der Waals surface area contributed by atoms with Gasteiger partial charge in [0.1, 0.15) is 0 Å². The smallest absolute Gasteiger partial charge is 0.243 e. The molecule has 7 nitrogen and oxygen atoms in total. The number of benzene rings is 1. The molecule has 1 N–H and O–H groups in total. The molecule has 0 aromatic heterocycles. The number of hydrogen-bond donors (Lipinski definition) is 1. The summed E-state index contributed by atoms with van der Waals surface area (Å²) in [5.41, 5.74) is 1.22. The Bertz CT molecular complexity index is 961. The molecule has 33 heavy (non-hydrogen) atoms. The fourth-order valence-electron chi connectivity index (χ4n) is 5.61. The van der Waals surface area contributed by atoms with Gasteiger partial charge in [-0.05, 0) is 49.3 Å². The quantitative estimate of drug-likeness (QED) is 0.596. The Labute approximate surface area is 200 Å². The first-order valence-corrected chi connectivity index (χ1v) is 15.7. The molecule has 2 aliphatic carbocycles. The lowest BCUT2D eigenvalue weighted by Crippen LogP contribution is -2.49. The lowest BCUT2D eigenvalue weighted by atomic mass is 9.84. The third-order valence-corrected chi connectivity index (χ3v) is 11.4. The Hall–Kier alpha value is -1.00. The summed E-state index contributed by atoms with van der Waals surface area (Å²) in [6, 6.07) is 7.29. The van der Waals surface area contributed by atoms with Gasteiger partial charge in [0.05, 0.1) is 10.6 Å². The standard InChI is InChI=1S/C24H39N3O4S2/c28-32(29,26-17-15-25-16-18-26)20-19-27(23-9-5-2-6-10-23)33(30,31)24-13-11-22(12-14-24)21-7-3-1-4-8-21/h11-14,21,23,25H,1-10,15-20H2. The van der Waals surface area contributed by atoms with Crippen molar-refractivity contribution in [3.05, 3.63) is 29.8 Å². The van der Waals surface area contributed by atoms with Gasteiger partial charge in [0.25, 0.3) is 0 Å². The maximum absolute atomic E-state index is 13.7. The Morgan fingerprint density at radius 3 is 2.00 bits per heavy atom. The first-order chi connectivity index (χ1) is 15.9. The number of nitrogens with one attached hydrogen (secondary N) is 1. The minimum Gasteiger partial charge on any atom is -0.314 e. The lowest BCUT2D eigenvalue weighted by Gasteiger charge is -2.34. The van der Waals surface area contributed by atoms with Crippen LogP contribution in [0, 0.1) is 0 Å². The van der Waals surface area contributed by atoms with Crippen LogP contribution in [0.1, 0.15) is 75.7 Å². The number of hydrogen-bond acceptors (Lipinski definition) is 5. The van der Waals surface area contributed by atoms with E-state index in [0.717, 1.165) is 32.1 Å². The van der Waals surface area contributed by atoms with Crippen LogP contribution in [-0.4, -0.2) is 70.0 Å². The fraction of sp³-hybridized carbons (Fsp3) is 0.750. The topological polar surface area (TPSA) is 86.8 Å². The van der Waals surface area contributed by atoms with Gasteiger partial charge in [0.2, 0.25) is 20.0 Å². The van der Waals surface area contributed by atoms with E-state index in [1.807, 2.05) is 12.1 Å². The first-order valence-electron chi connectivity index (χ1n) is 12.7. The molecule has 9 heteroatoms. The summed E-state index contributed by atoms with van der Waals surface area (Å²) in [6.45, 7) is 2.18. The number of piperazine rings is 1. The van der Waals surface area contributed by atoms with E-state index in [1.165, 1.54) is 46.3 Å². The van der Waals surface area contributed by atoms with Crippen LogP contribution in [0.2, 0.25) is 0 Å². The minimum atomic E-state index is -3.76. The van der Waals surface area contributed by atoms with Gasteiger partial charge in [-0.25, -0.2) is 16.8 Å². The molecule has 3 fully saturated rings. The van der Waals surface area contributed by atoms with Crippen molar-refractivity contribution in [3.8, 4) is 0 Å². The van der Waals surface area contributed by atoms with Gasteiger partial charge in [-0.2, -0.15) is 8.61 Å². The molecule has 1 aromatic carbocycles. The van der Waals surface area contributed by atoms with Crippen molar-refractivity contribution in [2.45, 2.75) is 81.1 Å². The zero-order valence-corrected chi connectivity index (χ0v) is 21.3. The van der Waals surface area contributed by atoms with Gasteiger partial charge in [-0.1, -0.05) is 50.7 Å². The van der Waals surface area contributed by atoms with E-state index < -0.39 is 20.0 Å². The van der Waals surface area contributed by atoms with Crippen LogP contribution in [0.3, 0.4) is 0 Å². The zero-order chi connectivity index (χ0) is 23.3. The van der Waals surface area contributed by atoms with Crippen LogP contribution in [0.5, 0.6) is 0 Å². The van der Waals surface area contributed by atoms with Crippen molar-refractivity contribution in [2.75, 3.05) is 38.5 Å². The summed E-state index contributed by atoms with van der Waals surface area (Å²) in [5, 5.41) is 3.16. The monoisotopic (exact) mass is 497 g/mol. The van der Waals surface area contributed by atoms with Crippen LogP contribution in [0.25, 0.3) is 0 Å². The van der Waals surface area contributed by atoms with E-state index in [4.69, 9.17) is 0 Å². The molecule has 0 bridgehead atoms. The summed E-state index contributed by atoms with van der Waals surface area (Å²) in [4.78, 5) is 0.284.